The number of nitrogens with one attached hydrogen (secondary N) is 2. The average Bonchev–Trinajstić information content (AvgIpc) is 2.91. The number of halogens is 1. The number of piperazine rings is 1. The Morgan fingerprint density at radius 1 is 1.40 bits per heavy atom. The molecule has 2 N–H and O–H groups in total. The lowest BCUT2D eigenvalue weighted by Crippen LogP contribution is -2.49. The molecule has 20 heavy (non-hydrogen) atoms. The second kappa shape index (κ2) is 5.20. The summed E-state index contributed by atoms with van der Waals surface area (Å²) in [5.41, 5.74) is 1.73. The van der Waals surface area contributed by atoms with Crippen molar-refractivity contribution in [3.05, 3.63) is 29.6 Å². The fourth-order valence-corrected chi connectivity index (χ4v) is 2.48. The van der Waals surface area contributed by atoms with Gasteiger partial charge in [-0.1, -0.05) is 6.07 Å². The second-order valence-electron chi connectivity index (χ2n) is 5.24. The SMILES string of the molecule is Cc1ccc(F)cc1-c1nc(N2CCNC(C)C2)n[nH]1. The molecule has 1 aromatic heterocycles. The van der Waals surface area contributed by atoms with Gasteiger partial charge in [-0.15, -0.1) is 5.10 Å². The van der Waals surface area contributed by atoms with E-state index < -0.39 is 0 Å². The first-order valence-corrected chi connectivity index (χ1v) is 6.81. The first kappa shape index (κ1) is 13.1. The first-order valence-electron chi connectivity index (χ1n) is 6.81. The van der Waals surface area contributed by atoms with Gasteiger partial charge in [0.05, 0.1) is 0 Å². The van der Waals surface area contributed by atoms with Crippen LogP contribution in [0.1, 0.15) is 12.5 Å². The number of hydrogen-bond donors (Lipinski definition) is 2. The molecule has 1 unspecified atom stereocenters. The van der Waals surface area contributed by atoms with E-state index in [4.69, 9.17) is 0 Å². The quantitative estimate of drug-likeness (QED) is 0.876. The molecule has 1 saturated heterocycles. The second-order valence-corrected chi connectivity index (χ2v) is 5.24. The maximum Gasteiger partial charge on any atom is 0.245 e. The van der Waals surface area contributed by atoms with Crippen LogP contribution in [0.5, 0.6) is 0 Å². The van der Waals surface area contributed by atoms with Gasteiger partial charge in [0, 0.05) is 31.2 Å². The third-order valence-electron chi connectivity index (χ3n) is 3.58. The Hall–Kier alpha value is -1.95. The van der Waals surface area contributed by atoms with E-state index in [9.17, 15) is 4.39 Å². The van der Waals surface area contributed by atoms with Crippen molar-refractivity contribution < 1.29 is 4.39 Å². The van der Waals surface area contributed by atoms with Gasteiger partial charge in [-0.2, -0.15) is 4.98 Å². The van der Waals surface area contributed by atoms with Crippen LogP contribution in [0.2, 0.25) is 0 Å². The molecule has 0 aliphatic carbocycles. The summed E-state index contributed by atoms with van der Waals surface area (Å²) in [5, 5.41) is 10.6. The van der Waals surface area contributed by atoms with Gasteiger partial charge in [0.2, 0.25) is 5.95 Å². The molecular formula is C14H18FN5. The summed E-state index contributed by atoms with van der Waals surface area (Å²) in [5.74, 6) is 1.03. The molecule has 0 saturated carbocycles. The van der Waals surface area contributed by atoms with Crippen molar-refractivity contribution in [3.63, 3.8) is 0 Å². The molecule has 1 atom stereocenters. The Bertz CT molecular complexity index is 609. The van der Waals surface area contributed by atoms with Crippen molar-refractivity contribution in [1.82, 2.24) is 20.5 Å². The van der Waals surface area contributed by atoms with Crippen LogP contribution in [-0.4, -0.2) is 40.9 Å². The molecule has 1 fully saturated rings. The maximum atomic E-state index is 13.4. The number of aromatic nitrogens is 3. The van der Waals surface area contributed by atoms with Crippen LogP contribution in [0, 0.1) is 12.7 Å². The molecule has 0 amide bonds. The monoisotopic (exact) mass is 275 g/mol. The third-order valence-corrected chi connectivity index (χ3v) is 3.58. The standard InChI is InChI=1S/C14H18FN5/c1-9-3-4-11(15)7-12(9)13-17-14(19-18-13)20-6-5-16-10(2)8-20/h3-4,7,10,16H,5-6,8H2,1-2H3,(H,17,18,19). The molecular weight excluding hydrogens is 257 g/mol. The van der Waals surface area contributed by atoms with Gasteiger partial charge < -0.3 is 10.2 Å². The zero-order valence-electron chi connectivity index (χ0n) is 11.7. The van der Waals surface area contributed by atoms with Crippen molar-refractivity contribution >= 4 is 5.95 Å². The van der Waals surface area contributed by atoms with Crippen LogP contribution in [0.4, 0.5) is 10.3 Å². The number of rotatable bonds is 2. The Kier molecular flexibility index (Phi) is 3.40. The van der Waals surface area contributed by atoms with Crippen molar-refractivity contribution in [2.24, 2.45) is 0 Å². The summed E-state index contributed by atoms with van der Waals surface area (Å²) < 4.78 is 13.4. The Morgan fingerprint density at radius 2 is 2.25 bits per heavy atom. The van der Waals surface area contributed by atoms with Gasteiger partial charge in [-0.05, 0) is 31.5 Å². The zero-order chi connectivity index (χ0) is 14.1. The van der Waals surface area contributed by atoms with Crippen LogP contribution in [0.15, 0.2) is 18.2 Å². The van der Waals surface area contributed by atoms with E-state index in [1.807, 2.05) is 6.92 Å². The van der Waals surface area contributed by atoms with Crippen LogP contribution in [0.3, 0.4) is 0 Å². The minimum atomic E-state index is -0.264. The smallest absolute Gasteiger partial charge is 0.245 e. The summed E-state index contributed by atoms with van der Waals surface area (Å²) >= 11 is 0. The molecule has 3 rings (SSSR count). The molecule has 0 radical (unpaired) electrons. The molecule has 0 bridgehead atoms. The Morgan fingerprint density at radius 3 is 3.05 bits per heavy atom. The molecule has 6 heteroatoms. The van der Waals surface area contributed by atoms with Crippen LogP contribution >= 0.6 is 0 Å². The minimum Gasteiger partial charge on any atom is -0.337 e. The van der Waals surface area contributed by atoms with E-state index in [1.54, 1.807) is 6.07 Å². The predicted octanol–water partition coefficient (Wildman–Crippen LogP) is 1.72. The van der Waals surface area contributed by atoms with Gasteiger partial charge in [-0.25, -0.2) is 4.39 Å². The zero-order valence-corrected chi connectivity index (χ0v) is 11.7. The predicted molar refractivity (Wildman–Crippen MR) is 76.2 cm³/mol. The van der Waals surface area contributed by atoms with Crippen molar-refractivity contribution in [2.75, 3.05) is 24.5 Å². The van der Waals surface area contributed by atoms with E-state index in [0.29, 0.717) is 17.8 Å². The van der Waals surface area contributed by atoms with Crippen LogP contribution in [-0.2, 0) is 0 Å². The molecule has 2 heterocycles. The number of aryl methyl sites for hydroxylation is 1. The Balaban J connectivity index is 1.88. The largest absolute Gasteiger partial charge is 0.337 e. The number of hydrogen-bond acceptors (Lipinski definition) is 4. The highest BCUT2D eigenvalue weighted by Gasteiger charge is 2.20. The molecule has 2 aromatic rings. The highest BCUT2D eigenvalue weighted by molar-refractivity contribution is 5.61. The highest BCUT2D eigenvalue weighted by atomic mass is 19.1. The Labute approximate surface area is 117 Å². The summed E-state index contributed by atoms with van der Waals surface area (Å²) in [6.07, 6.45) is 0. The lowest BCUT2D eigenvalue weighted by Gasteiger charge is -2.30. The van der Waals surface area contributed by atoms with Gasteiger partial charge >= 0.3 is 0 Å². The summed E-state index contributed by atoms with van der Waals surface area (Å²) in [7, 11) is 0. The van der Waals surface area contributed by atoms with Crippen molar-refractivity contribution in [1.29, 1.82) is 0 Å². The van der Waals surface area contributed by atoms with E-state index in [1.165, 1.54) is 12.1 Å². The molecule has 5 nitrogen and oxygen atoms in total. The molecule has 1 aromatic carbocycles. The summed E-state index contributed by atoms with van der Waals surface area (Å²) in [4.78, 5) is 6.64. The fourth-order valence-electron chi connectivity index (χ4n) is 2.48. The normalized spacial score (nSPS) is 19.4. The molecule has 1 aliphatic rings. The minimum absolute atomic E-state index is 0.264. The van der Waals surface area contributed by atoms with Gasteiger partial charge in [-0.3, -0.25) is 5.10 Å². The van der Waals surface area contributed by atoms with Gasteiger partial charge in [0.25, 0.3) is 0 Å². The van der Waals surface area contributed by atoms with Crippen LogP contribution < -0.4 is 10.2 Å². The van der Waals surface area contributed by atoms with E-state index in [2.05, 4.69) is 32.3 Å². The number of nitrogens with zero attached hydrogens (tertiary/aromatic N) is 3. The molecule has 106 valence electrons. The van der Waals surface area contributed by atoms with E-state index in [-0.39, 0.29) is 5.82 Å². The first-order chi connectivity index (χ1) is 9.63. The topological polar surface area (TPSA) is 56.8 Å². The number of H-pyrrole nitrogens is 1. The summed E-state index contributed by atoms with van der Waals surface area (Å²) in [6.45, 7) is 6.74. The van der Waals surface area contributed by atoms with Crippen LogP contribution in [0.25, 0.3) is 11.4 Å². The number of benzene rings is 1. The maximum absolute atomic E-state index is 13.4. The van der Waals surface area contributed by atoms with E-state index in [0.717, 1.165) is 30.8 Å². The van der Waals surface area contributed by atoms with E-state index >= 15 is 0 Å². The summed E-state index contributed by atoms with van der Waals surface area (Å²) in [6, 6.07) is 5.11. The fraction of sp³-hybridized carbons (Fsp3) is 0.429. The third kappa shape index (κ3) is 2.51. The number of aromatic amines is 1. The number of anilines is 1. The van der Waals surface area contributed by atoms with Gasteiger partial charge in [0.15, 0.2) is 5.82 Å². The molecule has 1 aliphatic heterocycles. The van der Waals surface area contributed by atoms with Crippen molar-refractivity contribution in [2.45, 2.75) is 19.9 Å². The lowest BCUT2D eigenvalue weighted by molar-refractivity contribution is 0.480. The lowest BCUT2D eigenvalue weighted by atomic mass is 10.1. The highest BCUT2D eigenvalue weighted by Crippen LogP contribution is 2.22. The molecule has 0 spiro atoms. The average molecular weight is 275 g/mol. The van der Waals surface area contributed by atoms with Gasteiger partial charge in [0.1, 0.15) is 5.82 Å². The van der Waals surface area contributed by atoms with Crippen molar-refractivity contribution in [3.8, 4) is 11.4 Å².